The van der Waals surface area contributed by atoms with Crippen molar-refractivity contribution in [2.75, 3.05) is 18.6 Å². The number of rotatable bonds is 7. The summed E-state index contributed by atoms with van der Waals surface area (Å²) in [5, 5.41) is 11.7. The van der Waals surface area contributed by atoms with Gasteiger partial charge >= 0.3 is 5.97 Å². The first-order valence-electron chi connectivity index (χ1n) is 6.64. The summed E-state index contributed by atoms with van der Waals surface area (Å²) in [5.41, 5.74) is 5.61. The van der Waals surface area contributed by atoms with Crippen LogP contribution in [-0.4, -0.2) is 50.0 Å². The molecule has 116 valence electrons. The number of hydrogen-bond acceptors (Lipinski definition) is 5. The monoisotopic (exact) mass is 306 g/mol. The predicted octanol–water partition coefficient (Wildman–Crippen LogP) is -0.634. The van der Waals surface area contributed by atoms with Gasteiger partial charge in [0.1, 0.15) is 9.84 Å². The van der Waals surface area contributed by atoms with Crippen LogP contribution in [0.25, 0.3) is 0 Å². The third-order valence-electron chi connectivity index (χ3n) is 3.65. The lowest BCUT2D eigenvalue weighted by Gasteiger charge is -2.18. The Hall–Kier alpha value is -1.15. The van der Waals surface area contributed by atoms with Gasteiger partial charge in [-0.25, -0.2) is 8.42 Å². The predicted molar refractivity (Wildman–Crippen MR) is 73.8 cm³/mol. The Morgan fingerprint density at radius 1 is 1.40 bits per heavy atom. The highest BCUT2D eigenvalue weighted by atomic mass is 32.2. The van der Waals surface area contributed by atoms with E-state index in [0.29, 0.717) is 6.42 Å². The first-order valence-corrected chi connectivity index (χ1v) is 8.70. The van der Waals surface area contributed by atoms with E-state index in [1.807, 2.05) is 0 Å². The third-order valence-corrected chi connectivity index (χ3v) is 4.63. The van der Waals surface area contributed by atoms with Crippen LogP contribution in [0.3, 0.4) is 0 Å². The van der Waals surface area contributed by atoms with Gasteiger partial charge in [-0.2, -0.15) is 0 Å². The molecule has 0 aromatic heterocycles. The Labute approximate surface area is 118 Å². The third kappa shape index (κ3) is 5.46. The van der Waals surface area contributed by atoms with Crippen LogP contribution in [-0.2, 0) is 19.4 Å². The molecule has 0 bridgehead atoms. The summed E-state index contributed by atoms with van der Waals surface area (Å²) in [6.07, 6.45) is 3.41. The molecule has 1 aliphatic rings. The van der Waals surface area contributed by atoms with E-state index < -0.39 is 33.7 Å². The van der Waals surface area contributed by atoms with Crippen molar-refractivity contribution in [3.63, 3.8) is 0 Å². The number of sulfone groups is 1. The lowest BCUT2D eigenvalue weighted by molar-refractivity contribution is -0.143. The molecule has 1 amide bonds. The van der Waals surface area contributed by atoms with Gasteiger partial charge in [-0.1, -0.05) is 6.42 Å². The van der Waals surface area contributed by atoms with E-state index in [-0.39, 0.29) is 24.6 Å². The molecule has 7 nitrogen and oxygen atoms in total. The molecule has 1 fully saturated rings. The minimum atomic E-state index is -3.14. The Kier molecular flexibility index (Phi) is 5.94. The second-order valence-electron chi connectivity index (χ2n) is 5.41. The Balaban J connectivity index is 2.37. The molecule has 0 saturated heterocycles. The van der Waals surface area contributed by atoms with Crippen LogP contribution >= 0.6 is 0 Å². The van der Waals surface area contributed by atoms with Crippen LogP contribution in [0.15, 0.2) is 0 Å². The molecule has 20 heavy (non-hydrogen) atoms. The van der Waals surface area contributed by atoms with Gasteiger partial charge < -0.3 is 16.2 Å². The number of hydrogen-bond donors (Lipinski definition) is 3. The van der Waals surface area contributed by atoms with Crippen molar-refractivity contribution in [1.29, 1.82) is 0 Å². The maximum absolute atomic E-state index is 11.7. The number of aliphatic carboxylic acids is 1. The molecule has 8 heteroatoms. The summed E-state index contributed by atoms with van der Waals surface area (Å²) in [7, 11) is -3.14. The normalized spacial score (nSPS) is 24.3. The number of carbonyl (C=O) groups is 2. The fourth-order valence-corrected chi connectivity index (χ4v) is 3.12. The molecule has 0 aliphatic heterocycles. The Bertz CT molecular complexity index is 462. The summed E-state index contributed by atoms with van der Waals surface area (Å²) in [5.74, 6) is -1.88. The minimum Gasteiger partial charge on any atom is -0.481 e. The van der Waals surface area contributed by atoms with Crippen LogP contribution in [0.4, 0.5) is 0 Å². The van der Waals surface area contributed by atoms with Gasteiger partial charge in [0.15, 0.2) is 0 Å². The standard InChI is InChI=1S/C12H22N2O5S/c1-20(18,19)6-5-10(13)11(15)14-7-8-3-2-4-9(8)12(16)17/h8-10H,2-7,13H2,1H3,(H,14,15)(H,16,17). The highest BCUT2D eigenvalue weighted by Crippen LogP contribution is 2.31. The number of carbonyl (C=O) groups excluding carboxylic acids is 1. The van der Waals surface area contributed by atoms with Crippen molar-refractivity contribution in [3.05, 3.63) is 0 Å². The number of amides is 1. The molecule has 1 aliphatic carbocycles. The van der Waals surface area contributed by atoms with E-state index in [1.165, 1.54) is 0 Å². The van der Waals surface area contributed by atoms with Gasteiger partial charge in [0, 0.05) is 12.8 Å². The molecule has 0 spiro atoms. The van der Waals surface area contributed by atoms with Gasteiger partial charge in [-0.3, -0.25) is 9.59 Å². The molecule has 0 radical (unpaired) electrons. The number of nitrogens with two attached hydrogens (primary N) is 1. The zero-order chi connectivity index (χ0) is 15.3. The van der Waals surface area contributed by atoms with E-state index in [9.17, 15) is 18.0 Å². The van der Waals surface area contributed by atoms with Gasteiger partial charge in [-0.05, 0) is 25.2 Å². The van der Waals surface area contributed by atoms with Crippen LogP contribution in [0.2, 0.25) is 0 Å². The van der Waals surface area contributed by atoms with Gasteiger partial charge in [0.25, 0.3) is 0 Å². The average molecular weight is 306 g/mol. The van der Waals surface area contributed by atoms with E-state index in [2.05, 4.69) is 5.32 Å². The number of nitrogens with one attached hydrogen (secondary N) is 1. The molecule has 0 aromatic rings. The minimum absolute atomic E-state index is 0.0672. The van der Waals surface area contributed by atoms with Crippen molar-refractivity contribution in [2.24, 2.45) is 17.6 Å². The largest absolute Gasteiger partial charge is 0.481 e. The van der Waals surface area contributed by atoms with Crippen molar-refractivity contribution >= 4 is 21.7 Å². The fraction of sp³-hybridized carbons (Fsp3) is 0.833. The Morgan fingerprint density at radius 2 is 2.05 bits per heavy atom. The molecule has 0 heterocycles. The molecule has 1 saturated carbocycles. The van der Waals surface area contributed by atoms with Crippen LogP contribution < -0.4 is 11.1 Å². The first-order chi connectivity index (χ1) is 9.20. The topological polar surface area (TPSA) is 127 Å². The highest BCUT2D eigenvalue weighted by Gasteiger charge is 2.33. The lowest BCUT2D eigenvalue weighted by Crippen LogP contribution is -2.44. The van der Waals surface area contributed by atoms with Crippen molar-refractivity contribution in [3.8, 4) is 0 Å². The fourth-order valence-electron chi connectivity index (χ4n) is 2.44. The van der Waals surface area contributed by atoms with Crippen LogP contribution in [0, 0.1) is 11.8 Å². The average Bonchev–Trinajstić information content (AvgIpc) is 2.80. The highest BCUT2D eigenvalue weighted by molar-refractivity contribution is 7.90. The van der Waals surface area contributed by atoms with E-state index >= 15 is 0 Å². The van der Waals surface area contributed by atoms with Crippen LogP contribution in [0.5, 0.6) is 0 Å². The molecule has 4 N–H and O–H groups in total. The van der Waals surface area contributed by atoms with Crippen molar-refractivity contribution in [1.82, 2.24) is 5.32 Å². The van der Waals surface area contributed by atoms with E-state index in [4.69, 9.17) is 10.8 Å². The molecule has 3 atom stereocenters. The van der Waals surface area contributed by atoms with Gasteiger partial charge in [-0.15, -0.1) is 0 Å². The second-order valence-corrected chi connectivity index (χ2v) is 7.67. The quantitative estimate of drug-likeness (QED) is 0.574. The van der Waals surface area contributed by atoms with E-state index in [0.717, 1.165) is 19.1 Å². The van der Waals surface area contributed by atoms with Crippen molar-refractivity contribution in [2.45, 2.75) is 31.7 Å². The van der Waals surface area contributed by atoms with E-state index in [1.54, 1.807) is 0 Å². The summed E-state index contributed by atoms with van der Waals surface area (Å²) in [6.45, 7) is 0.280. The molecular formula is C12H22N2O5S. The smallest absolute Gasteiger partial charge is 0.306 e. The van der Waals surface area contributed by atoms with Crippen molar-refractivity contribution < 1.29 is 23.1 Å². The summed E-state index contributed by atoms with van der Waals surface area (Å²) < 4.78 is 22.0. The zero-order valence-corrected chi connectivity index (χ0v) is 12.4. The number of carboxylic acid groups (broad SMARTS) is 1. The molecule has 3 unspecified atom stereocenters. The zero-order valence-electron chi connectivity index (χ0n) is 11.5. The Morgan fingerprint density at radius 3 is 2.60 bits per heavy atom. The maximum Gasteiger partial charge on any atom is 0.306 e. The van der Waals surface area contributed by atoms with Gasteiger partial charge in [0.05, 0.1) is 17.7 Å². The summed E-state index contributed by atoms with van der Waals surface area (Å²) in [6, 6.07) is -0.880. The lowest BCUT2D eigenvalue weighted by atomic mass is 9.96. The first kappa shape index (κ1) is 16.9. The second kappa shape index (κ2) is 7.03. The van der Waals surface area contributed by atoms with Gasteiger partial charge in [0.2, 0.25) is 5.91 Å². The summed E-state index contributed by atoms with van der Waals surface area (Å²) in [4.78, 5) is 22.7. The molecule has 1 rings (SSSR count). The summed E-state index contributed by atoms with van der Waals surface area (Å²) >= 11 is 0. The maximum atomic E-state index is 11.7. The molecule has 0 aromatic carbocycles. The molecular weight excluding hydrogens is 284 g/mol. The number of carboxylic acids is 1. The van der Waals surface area contributed by atoms with Crippen LogP contribution in [0.1, 0.15) is 25.7 Å². The SMILES string of the molecule is CS(=O)(=O)CCC(N)C(=O)NCC1CCCC1C(=O)O.